The van der Waals surface area contributed by atoms with Crippen LogP contribution in [-0.4, -0.2) is 10.1 Å². The van der Waals surface area contributed by atoms with E-state index in [-0.39, 0.29) is 0 Å². The second-order valence-electron chi connectivity index (χ2n) is 4.00. The molecule has 1 aromatic carbocycles. The van der Waals surface area contributed by atoms with Crippen LogP contribution in [-0.2, 0) is 5.75 Å². The first-order valence-electron chi connectivity index (χ1n) is 5.75. The average molecular weight is 324 g/mol. The molecular formula is C13H10ClN3OS2. The van der Waals surface area contributed by atoms with Gasteiger partial charge in [0.1, 0.15) is 0 Å². The molecule has 2 heterocycles. The van der Waals surface area contributed by atoms with Gasteiger partial charge in [-0.25, -0.2) is 0 Å². The lowest BCUT2D eigenvalue weighted by molar-refractivity contribution is 0.391. The lowest BCUT2D eigenvalue weighted by Crippen LogP contribution is -1.86. The Labute approximate surface area is 129 Å². The van der Waals surface area contributed by atoms with Crippen molar-refractivity contribution in [3.63, 3.8) is 0 Å². The molecule has 0 aliphatic carbocycles. The molecule has 0 unspecified atom stereocenters. The third-order valence-electron chi connectivity index (χ3n) is 2.55. The first kappa shape index (κ1) is 13.5. The van der Waals surface area contributed by atoms with Gasteiger partial charge in [-0.2, -0.15) is 16.3 Å². The number of halogens is 1. The zero-order valence-corrected chi connectivity index (χ0v) is 12.6. The Kier molecular flexibility index (Phi) is 3.95. The second-order valence-corrected chi connectivity index (χ2v) is 6.21. The molecule has 0 saturated heterocycles. The van der Waals surface area contributed by atoms with E-state index in [1.54, 1.807) is 23.5 Å². The summed E-state index contributed by atoms with van der Waals surface area (Å²) in [5.74, 6) is 1.73. The maximum atomic E-state index is 6.11. The van der Waals surface area contributed by atoms with Crippen LogP contribution >= 0.6 is 34.7 Å². The van der Waals surface area contributed by atoms with Crippen molar-refractivity contribution in [2.75, 3.05) is 5.73 Å². The summed E-state index contributed by atoms with van der Waals surface area (Å²) in [6.07, 6.45) is 0. The molecule has 0 radical (unpaired) electrons. The van der Waals surface area contributed by atoms with E-state index in [9.17, 15) is 0 Å². The molecule has 0 bridgehead atoms. The van der Waals surface area contributed by atoms with Crippen molar-refractivity contribution in [2.24, 2.45) is 0 Å². The number of thioether (sulfide) groups is 1. The Morgan fingerprint density at radius 1 is 1.35 bits per heavy atom. The number of aromatic nitrogens is 2. The highest BCUT2D eigenvalue weighted by Crippen LogP contribution is 2.31. The quantitative estimate of drug-likeness (QED) is 0.572. The molecule has 0 amide bonds. The Morgan fingerprint density at radius 3 is 3.05 bits per heavy atom. The molecular weight excluding hydrogens is 314 g/mol. The van der Waals surface area contributed by atoms with E-state index >= 15 is 0 Å². The van der Waals surface area contributed by atoms with E-state index in [4.69, 9.17) is 21.9 Å². The number of thiophene rings is 1. The fourth-order valence-corrected chi connectivity index (χ4v) is 3.33. The molecule has 0 atom stereocenters. The summed E-state index contributed by atoms with van der Waals surface area (Å²) in [5, 5.41) is 8.59. The highest BCUT2D eigenvalue weighted by molar-refractivity contribution is 7.98. The average Bonchev–Trinajstić information content (AvgIpc) is 3.09. The van der Waals surface area contributed by atoms with Crippen LogP contribution in [0.1, 0.15) is 5.89 Å². The number of anilines is 1. The smallest absolute Gasteiger partial charge is 0.237 e. The number of hydrogen-bond acceptors (Lipinski definition) is 6. The minimum atomic E-state index is 0.556. The van der Waals surface area contributed by atoms with Gasteiger partial charge < -0.3 is 10.3 Å². The summed E-state index contributed by atoms with van der Waals surface area (Å²) in [7, 11) is 0. The van der Waals surface area contributed by atoms with Gasteiger partial charge in [-0.1, -0.05) is 16.8 Å². The van der Waals surface area contributed by atoms with Gasteiger partial charge in [0, 0.05) is 21.5 Å². The third kappa shape index (κ3) is 2.98. The number of hydrogen-bond donors (Lipinski definition) is 1. The summed E-state index contributed by atoms with van der Waals surface area (Å²) in [5.41, 5.74) is 7.39. The van der Waals surface area contributed by atoms with Crippen molar-refractivity contribution in [2.45, 2.75) is 10.6 Å². The minimum absolute atomic E-state index is 0.556. The highest BCUT2D eigenvalue weighted by Gasteiger charge is 2.10. The molecule has 0 aliphatic rings. The van der Waals surface area contributed by atoms with Gasteiger partial charge in [0.2, 0.25) is 11.7 Å². The second kappa shape index (κ2) is 5.87. The van der Waals surface area contributed by atoms with E-state index in [0.29, 0.717) is 28.2 Å². The minimum Gasteiger partial charge on any atom is -0.399 e. The van der Waals surface area contributed by atoms with Crippen LogP contribution in [0.4, 0.5) is 5.69 Å². The first-order chi connectivity index (χ1) is 9.72. The molecule has 0 aliphatic heterocycles. The largest absolute Gasteiger partial charge is 0.399 e. The molecule has 4 nitrogen and oxygen atoms in total. The number of rotatable bonds is 4. The molecule has 0 fully saturated rings. The van der Waals surface area contributed by atoms with E-state index in [1.165, 1.54) is 11.8 Å². The molecule has 7 heteroatoms. The van der Waals surface area contributed by atoms with E-state index < -0.39 is 0 Å². The van der Waals surface area contributed by atoms with Crippen molar-refractivity contribution in [3.8, 4) is 11.4 Å². The van der Waals surface area contributed by atoms with Gasteiger partial charge in [-0.15, -0.1) is 11.8 Å². The summed E-state index contributed by atoms with van der Waals surface area (Å²) in [6, 6.07) is 7.35. The Bertz CT molecular complexity index is 712. The molecule has 20 heavy (non-hydrogen) atoms. The molecule has 102 valence electrons. The van der Waals surface area contributed by atoms with E-state index in [0.717, 1.165) is 10.5 Å². The molecule has 2 N–H and O–H groups in total. The van der Waals surface area contributed by atoms with Gasteiger partial charge in [-0.05, 0) is 29.6 Å². The van der Waals surface area contributed by atoms with Crippen LogP contribution in [0.2, 0.25) is 5.02 Å². The number of benzene rings is 1. The van der Waals surface area contributed by atoms with Crippen molar-refractivity contribution in [1.29, 1.82) is 0 Å². The van der Waals surface area contributed by atoms with Crippen molar-refractivity contribution >= 4 is 40.4 Å². The maximum absolute atomic E-state index is 6.11. The summed E-state index contributed by atoms with van der Waals surface area (Å²) >= 11 is 9.23. The standard InChI is InChI=1S/C13H10ClN3OS2/c14-10-2-1-9(15)5-11(10)20-7-12-16-13(17-18-12)8-3-4-19-6-8/h1-6H,7,15H2. The summed E-state index contributed by atoms with van der Waals surface area (Å²) in [4.78, 5) is 5.26. The van der Waals surface area contributed by atoms with Gasteiger partial charge in [0.25, 0.3) is 0 Å². The van der Waals surface area contributed by atoms with Gasteiger partial charge in [-0.3, -0.25) is 0 Å². The fraction of sp³-hybridized carbons (Fsp3) is 0.0769. The monoisotopic (exact) mass is 323 g/mol. The van der Waals surface area contributed by atoms with Crippen LogP contribution in [0.15, 0.2) is 44.4 Å². The lowest BCUT2D eigenvalue weighted by Gasteiger charge is -2.02. The molecule has 3 rings (SSSR count). The number of nitrogens with zero attached hydrogens (tertiary/aromatic N) is 2. The van der Waals surface area contributed by atoms with E-state index in [2.05, 4.69) is 10.1 Å². The van der Waals surface area contributed by atoms with Crippen LogP contribution < -0.4 is 5.73 Å². The van der Waals surface area contributed by atoms with Crippen molar-refractivity contribution in [3.05, 3.63) is 45.9 Å². The predicted molar refractivity (Wildman–Crippen MR) is 83.0 cm³/mol. The molecule has 2 aromatic heterocycles. The van der Waals surface area contributed by atoms with Crippen LogP contribution in [0.3, 0.4) is 0 Å². The zero-order valence-electron chi connectivity index (χ0n) is 10.2. The molecule has 0 spiro atoms. The summed E-state index contributed by atoms with van der Waals surface area (Å²) in [6.45, 7) is 0. The topological polar surface area (TPSA) is 64.9 Å². The fourth-order valence-electron chi connectivity index (χ4n) is 1.59. The van der Waals surface area contributed by atoms with E-state index in [1.807, 2.05) is 22.9 Å². The SMILES string of the molecule is Nc1ccc(Cl)c(SCc2nc(-c3ccsc3)no2)c1. The third-order valence-corrected chi connectivity index (χ3v) is 4.72. The Balaban J connectivity index is 1.71. The molecule has 3 aromatic rings. The van der Waals surface area contributed by atoms with Crippen molar-refractivity contribution < 1.29 is 4.52 Å². The maximum Gasteiger partial charge on any atom is 0.237 e. The summed E-state index contributed by atoms with van der Waals surface area (Å²) < 4.78 is 5.23. The van der Waals surface area contributed by atoms with Gasteiger partial charge >= 0.3 is 0 Å². The Hall–Kier alpha value is -1.50. The van der Waals surface area contributed by atoms with Crippen LogP contribution in [0.25, 0.3) is 11.4 Å². The zero-order chi connectivity index (χ0) is 13.9. The lowest BCUT2D eigenvalue weighted by atomic mass is 10.3. The number of nitrogen functional groups attached to an aromatic ring is 1. The normalized spacial score (nSPS) is 10.8. The van der Waals surface area contributed by atoms with Crippen LogP contribution in [0.5, 0.6) is 0 Å². The highest BCUT2D eigenvalue weighted by atomic mass is 35.5. The number of nitrogens with two attached hydrogens (primary N) is 1. The van der Waals surface area contributed by atoms with Gasteiger partial charge in [0.15, 0.2) is 0 Å². The van der Waals surface area contributed by atoms with Gasteiger partial charge in [0.05, 0.1) is 10.8 Å². The Morgan fingerprint density at radius 2 is 2.25 bits per heavy atom. The van der Waals surface area contributed by atoms with Crippen molar-refractivity contribution in [1.82, 2.24) is 10.1 Å². The first-order valence-corrected chi connectivity index (χ1v) is 8.06. The predicted octanol–water partition coefficient (Wildman–Crippen LogP) is 4.33. The molecule has 0 saturated carbocycles. The van der Waals surface area contributed by atoms with Crippen LogP contribution in [0, 0.1) is 0 Å².